The number of H-pyrrole nitrogens is 1. The van der Waals surface area contributed by atoms with Gasteiger partial charge in [0.2, 0.25) is 5.91 Å². The monoisotopic (exact) mass is 531 g/mol. The summed E-state index contributed by atoms with van der Waals surface area (Å²) in [5.74, 6) is -0.474. The molecule has 2 aromatic carbocycles. The van der Waals surface area contributed by atoms with Crippen LogP contribution in [0.1, 0.15) is 53.6 Å². The van der Waals surface area contributed by atoms with Crippen molar-refractivity contribution in [1.82, 2.24) is 35.5 Å². The fourth-order valence-electron chi connectivity index (χ4n) is 4.45. The highest BCUT2D eigenvalue weighted by molar-refractivity contribution is 6.30. The van der Waals surface area contributed by atoms with Crippen LogP contribution in [0.2, 0.25) is 5.02 Å². The lowest BCUT2D eigenvalue weighted by Crippen LogP contribution is -2.28. The summed E-state index contributed by atoms with van der Waals surface area (Å²) in [6.45, 7) is 0.781. The maximum Gasteiger partial charge on any atom is 0.267 e. The molecule has 4 aromatic rings. The first-order chi connectivity index (χ1) is 18.5. The molecule has 0 unspecified atom stereocenters. The van der Waals surface area contributed by atoms with E-state index >= 15 is 0 Å². The van der Waals surface area contributed by atoms with E-state index in [1.54, 1.807) is 24.3 Å². The molecule has 2 amide bonds. The number of nitrogens with one attached hydrogen (secondary N) is 3. The molecule has 1 aliphatic rings. The van der Waals surface area contributed by atoms with E-state index in [2.05, 4.69) is 31.1 Å². The van der Waals surface area contributed by atoms with Gasteiger partial charge in [-0.2, -0.15) is 4.68 Å². The first-order valence-electron chi connectivity index (χ1n) is 12.2. The lowest BCUT2D eigenvalue weighted by Gasteiger charge is -2.17. The van der Waals surface area contributed by atoms with Crippen molar-refractivity contribution in [2.24, 2.45) is 5.73 Å². The number of fused-ring (bicyclic) bond motifs is 4. The normalized spacial score (nSPS) is 15.7. The van der Waals surface area contributed by atoms with E-state index in [1.165, 1.54) is 17.1 Å². The van der Waals surface area contributed by atoms with Gasteiger partial charge in [0, 0.05) is 34.5 Å². The summed E-state index contributed by atoms with van der Waals surface area (Å²) in [5, 5.41) is 18.2. The molecular formula is C26H26ClN9O2. The molecule has 0 saturated carbocycles. The largest absolute Gasteiger partial charge is 0.384 e. The van der Waals surface area contributed by atoms with Crippen molar-refractivity contribution in [3.05, 3.63) is 77.0 Å². The van der Waals surface area contributed by atoms with E-state index in [1.807, 2.05) is 24.3 Å². The molecule has 38 heavy (non-hydrogen) atoms. The first-order valence-corrected chi connectivity index (χ1v) is 12.6. The zero-order valence-corrected chi connectivity index (χ0v) is 21.2. The maximum atomic E-state index is 13.1. The van der Waals surface area contributed by atoms with Gasteiger partial charge < -0.3 is 21.4 Å². The lowest BCUT2D eigenvalue weighted by atomic mass is 10.1. The first kappa shape index (κ1) is 25.2. The van der Waals surface area contributed by atoms with Crippen LogP contribution in [0, 0.1) is 0 Å². The number of primary amides is 1. The van der Waals surface area contributed by atoms with Crippen LogP contribution in [0.25, 0.3) is 23.0 Å². The third kappa shape index (κ3) is 5.57. The molecule has 2 bridgehead atoms. The molecule has 11 nitrogen and oxygen atoms in total. The van der Waals surface area contributed by atoms with Gasteiger partial charge in [-0.15, -0.1) is 5.10 Å². The molecule has 2 aromatic heterocycles. The van der Waals surface area contributed by atoms with E-state index in [0.29, 0.717) is 34.2 Å². The van der Waals surface area contributed by atoms with Crippen LogP contribution in [0.15, 0.2) is 54.9 Å². The summed E-state index contributed by atoms with van der Waals surface area (Å²) in [5.41, 5.74) is 9.33. The van der Waals surface area contributed by atoms with Crippen molar-refractivity contribution >= 4 is 35.2 Å². The third-order valence-corrected chi connectivity index (χ3v) is 6.52. The summed E-state index contributed by atoms with van der Waals surface area (Å²) in [6, 6.07) is 12.4. The van der Waals surface area contributed by atoms with Gasteiger partial charge in [-0.05, 0) is 53.6 Å². The standard InChI is InChI=1S/C26H26ClN9O2/c27-17-10-11-21(36-15-30-34-35-36)16(14-17)9-12-22(37)31-20-8-2-1-5-13-29-19-7-4-3-6-18(19)23-24(25(28)38)33-26(20)32-23/h3-4,6-7,9-12,14-15,20,29H,1-2,5,8,13H2,(H2,28,38)(H,31,37)(H,32,33)/t20-/m0/s1. The second-order valence-electron chi connectivity index (χ2n) is 8.88. The Morgan fingerprint density at radius 1 is 1.16 bits per heavy atom. The number of hydrogen-bond acceptors (Lipinski definition) is 7. The highest BCUT2D eigenvalue weighted by Crippen LogP contribution is 2.32. The number of benzene rings is 2. The number of nitrogens with two attached hydrogens (primary N) is 1. The summed E-state index contributed by atoms with van der Waals surface area (Å²) in [4.78, 5) is 33.2. The number of amides is 2. The smallest absolute Gasteiger partial charge is 0.267 e. The topological polar surface area (TPSA) is 156 Å². The van der Waals surface area contributed by atoms with Crippen LogP contribution in [-0.2, 0) is 4.79 Å². The van der Waals surface area contributed by atoms with E-state index in [-0.39, 0.29) is 11.6 Å². The number of nitrogens with zero attached hydrogens (tertiary/aromatic N) is 5. The molecule has 5 rings (SSSR count). The summed E-state index contributed by atoms with van der Waals surface area (Å²) in [6.07, 6.45) is 7.96. The summed E-state index contributed by atoms with van der Waals surface area (Å²) >= 11 is 6.19. The number of carbonyl (C=O) groups is 2. The fourth-order valence-corrected chi connectivity index (χ4v) is 4.63. The van der Waals surface area contributed by atoms with Crippen molar-refractivity contribution in [3.63, 3.8) is 0 Å². The number of aromatic nitrogens is 6. The second kappa shape index (κ2) is 11.3. The Morgan fingerprint density at radius 2 is 2.03 bits per heavy atom. The van der Waals surface area contributed by atoms with E-state index in [9.17, 15) is 9.59 Å². The molecule has 0 saturated heterocycles. The van der Waals surface area contributed by atoms with Gasteiger partial charge in [-0.25, -0.2) is 4.98 Å². The number of anilines is 1. The zero-order valence-electron chi connectivity index (χ0n) is 20.4. The molecule has 0 fully saturated rings. The maximum absolute atomic E-state index is 13.1. The number of para-hydroxylation sites is 1. The number of aromatic amines is 1. The van der Waals surface area contributed by atoms with Gasteiger partial charge >= 0.3 is 0 Å². The van der Waals surface area contributed by atoms with Crippen LogP contribution in [0.4, 0.5) is 5.69 Å². The third-order valence-electron chi connectivity index (χ3n) is 6.28. The predicted octanol–water partition coefficient (Wildman–Crippen LogP) is 3.66. The number of halogens is 1. The number of tetrazole rings is 1. The van der Waals surface area contributed by atoms with Gasteiger partial charge in [0.05, 0.1) is 11.7 Å². The van der Waals surface area contributed by atoms with Gasteiger partial charge in [0.25, 0.3) is 5.91 Å². The molecule has 12 heteroatoms. The Labute approximate surface area is 223 Å². The SMILES string of the molecule is NC(=O)c1[nH]c2nc1-c1ccccc1NCCCCC[C@@H]2NC(=O)C=Cc1cc(Cl)ccc1-n1cnnn1. The average Bonchev–Trinajstić information content (AvgIpc) is 3.59. The second-order valence-corrected chi connectivity index (χ2v) is 9.32. The minimum Gasteiger partial charge on any atom is -0.384 e. The lowest BCUT2D eigenvalue weighted by molar-refractivity contribution is -0.117. The minimum absolute atomic E-state index is 0.202. The molecule has 0 radical (unpaired) electrons. The Bertz CT molecular complexity index is 1480. The van der Waals surface area contributed by atoms with Gasteiger partial charge in [-0.3, -0.25) is 9.59 Å². The molecular weight excluding hydrogens is 506 g/mol. The molecule has 1 aliphatic heterocycles. The van der Waals surface area contributed by atoms with E-state index in [0.717, 1.165) is 37.1 Å². The summed E-state index contributed by atoms with van der Waals surface area (Å²) in [7, 11) is 0. The van der Waals surface area contributed by atoms with Crippen molar-refractivity contribution in [3.8, 4) is 16.9 Å². The van der Waals surface area contributed by atoms with Crippen LogP contribution in [-0.4, -0.2) is 48.5 Å². The average molecular weight is 532 g/mol. The fraction of sp³-hybridized carbons (Fsp3) is 0.231. The number of hydrogen-bond donors (Lipinski definition) is 4. The minimum atomic E-state index is -0.621. The number of imidazole rings is 1. The van der Waals surface area contributed by atoms with Crippen molar-refractivity contribution < 1.29 is 9.59 Å². The molecule has 1 atom stereocenters. The van der Waals surface area contributed by atoms with E-state index < -0.39 is 11.9 Å². The number of rotatable bonds is 5. The van der Waals surface area contributed by atoms with Gasteiger partial charge in [0.15, 0.2) is 0 Å². The Morgan fingerprint density at radius 3 is 2.84 bits per heavy atom. The molecule has 5 N–H and O–H groups in total. The highest BCUT2D eigenvalue weighted by atomic mass is 35.5. The van der Waals surface area contributed by atoms with Crippen molar-refractivity contribution in [1.29, 1.82) is 0 Å². The van der Waals surface area contributed by atoms with Crippen LogP contribution >= 0.6 is 11.6 Å². The van der Waals surface area contributed by atoms with Gasteiger partial charge in [0.1, 0.15) is 23.5 Å². The highest BCUT2D eigenvalue weighted by Gasteiger charge is 2.24. The van der Waals surface area contributed by atoms with Crippen molar-refractivity contribution in [2.75, 3.05) is 11.9 Å². The molecule has 3 heterocycles. The molecule has 0 aliphatic carbocycles. The Kier molecular flexibility index (Phi) is 7.45. The van der Waals surface area contributed by atoms with Gasteiger partial charge in [-0.1, -0.05) is 42.6 Å². The number of carbonyl (C=O) groups excluding carboxylic acids is 2. The molecule has 0 spiro atoms. The quantitative estimate of drug-likeness (QED) is 0.286. The molecule has 194 valence electrons. The van der Waals surface area contributed by atoms with E-state index in [4.69, 9.17) is 22.3 Å². The Hall–Kier alpha value is -4.51. The Balaban J connectivity index is 1.44. The van der Waals surface area contributed by atoms with Crippen LogP contribution in [0.3, 0.4) is 0 Å². The van der Waals surface area contributed by atoms with Crippen molar-refractivity contribution in [2.45, 2.75) is 31.7 Å². The predicted molar refractivity (Wildman–Crippen MR) is 144 cm³/mol. The van der Waals surface area contributed by atoms with Crippen LogP contribution < -0.4 is 16.4 Å². The zero-order chi connectivity index (χ0) is 26.5. The summed E-state index contributed by atoms with van der Waals surface area (Å²) < 4.78 is 1.49. The van der Waals surface area contributed by atoms with Crippen LogP contribution in [0.5, 0.6) is 0 Å².